The van der Waals surface area contributed by atoms with Crippen molar-refractivity contribution in [2.24, 2.45) is 0 Å². The van der Waals surface area contributed by atoms with Crippen LogP contribution in [0.15, 0.2) is 35.8 Å². The number of benzene rings is 2. The Balaban J connectivity index is 0.00000245. The van der Waals surface area contributed by atoms with Gasteiger partial charge in [0.05, 0.1) is 25.9 Å². The van der Waals surface area contributed by atoms with Crippen molar-refractivity contribution in [1.82, 2.24) is 14.9 Å². The Morgan fingerprint density at radius 3 is 2.59 bits per heavy atom. The third kappa shape index (κ3) is 4.52. The van der Waals surface area contributed by atoms with Gasteiger partial charge < -0.3 is 14.4 Å². The lowest BCUT2D eigenvalue weighted by Gasteiger charge is -2.21. The fourth-order valence-corrected chi connectivity index (χ4v) is 5.26. The minimum atomic E-state index is -0.0506. The standard InChI is InChI=1S/C22H22N4O3S2.ClH/c1-25(2)6-3-7-26(21(27)14-4-5-15-19(10-14)30-13-23-15)22-24-16-11-17-18(12-20(16)31-22)29-9-8-28-17;/h4-5,10-13H,3,6-9H2,1-2H3;1H. The number of hydrogen-bond donors (Lipinski definition) is 0. The van der Waals surface area contributed by atoms with Crippen LogP contribution in [0.5, 0.6) is 11.5 Å². The predicted octanol–water partition coefficient (Wildman–Crippen LogP) is 4.70. The third-order valence-corrected chi connectivity index (χ3v) is 6.92. The number of amides is 1. The summed E-state index contributed by atoms with van der Waals surface area (Å²) in [6.45, 7) is 2.55. The first-order valence-electron chi connectivity index (χ1n) is 10.1. The number of carbonyl (C=O) groups excluding carboxylic acids is 1. The van der Waals surface area contributed by atoms with Gasteiger partial charge in [0.2, 0.25) is 0 Å². The molecule has 1 aliphatic rings. The van der Waals surface area contributed by atoms with E-state index < -0.39 is 0 Å². The Morgan fingerprint density at radius 2 is 1.81 bits per heavy atom. The summed E-state index contributed by atoms with van der Waals surface area (Å²) in [5, 5.41) is 0.686. The van der Waals surface area contributed by atoms with Gasteiger partial charge in [-0.3, -0.25) is 9.69 Å². The zero-order valence-corrected chi connectivity index (χ0v) is 20.2. The largest absolute Gasteiger partial charge is 0.486 e. The van der Waals surface area contributed by atoms with E-state index in [4.69, 9.17) is 14.5 Å². The number of anilines is 1. The van der Waals surface area contributed by atoms with Crippen molar-refractivity contribution in [2.45, 2.75) is 6.42 Å². The van der Waals surface area contributed by atoms with Crippen molar-refractivity contribution in [3.8, 4) is 11.5 Å². The second-order valence-corrected chi connectivity index (χ2v) is 9.50. The molecule has 0 saturated carbocycles. The number of fused-ring (bicyclic) bond motifs is 3. The van der Waals surface area contributed by atoms with E-state index in [-0.39, 0.29) is 18.3 Å². The summed E-state index contributed by atoms with van der Waals surface area (Å²) in [5.74, 6) is 1.39. The normalized spacial score (nSPS) is 12.8. The highest BCUT2D eigenvalue weighted by Gasteiger charge is 2.23. The van der Waals surface area contributed by atoms with E-state index in [0.717, 1.165) is 39.1 Å². The van der Waals surface area contributed by atoms with Crippen molar-refractivity contribution >= 4 is 66.6 Å². The molecule has 0 spiro atoms. The van der Waals surface area contributed by atoms with Crippen LogP contribution in [-0.4, -0.2) is 61.2 Å². The maximum absolute atomic E-state index is 13.5. The van der Waals surface area contributed by atoms with Gasteiger partial charge in [-0.2, -0.15) is 0 Å². The van der Waals surface area contributed by atoms with E-state index in [1.807, 2.05) is 44.4 Å². The Hall–Kier alpha value is -2.46. The Bertz CT molecular complexity index is 1210. The summed E-state index contributed by atoms with van der Waals surface area (Å²) >= 11 is 3.04. The lowest BCUT2D eigenvalue weighted by atomic mass is 10.2. The molecule has 1 aliphatic heterocycles. The Labute approximate surface area is 200 Å². The maximum atomic E-state index is 13.5. The first-order chi connectivity index (χ1) is 15.1. The second-order valence-electron chi connectivity index (χ2n) is 7.61. The van der Waals surface area contributed by atoms with Crippen LogP contribution in [0.1, 0.15) is 16.8 Å². The van der Waals surface area contributed by atoms with E-state index in [0.29, 0.717) is 36.2 Å². The lowest BCUT2D eigenvalue weighted by Crippen LogP contribution is -2.33. The van der Waals surface area contributed by atoms with Gasteiger partial charge in [-0.25, -0.2) is 9.97 Å². The summed E-state index contributed by atoms with van der Waals surface area (Å²) < 4.78 is 13.4. The SMILES string of the molecule is CN(C)CCCN(C(=O)c1ccc2ncsc2c1)c1nc2cc3c(cc2s1)OCCO3.Cl. The molecular formula is C22H23ClN4O3S2. The molecule has 168 valence electrons. The molecule has 2 aromatic carbocycles. The van der Waals surface area contributed by atoms with Crippen molar-refractivity contribution < 1.29 is 14.3 Å². The van der Waals surface area contributed by atoms with Gasteiger partial charge in [-0.05, 0) is 45.3 Å². The van der Waals surface area contributed by atoms with Gasteiger partial charge in [-0.1, -0.05) is 11.3 Å². The molecule has 0 atom stereocenters. The zero-order chi connectivity index (χ0) is 21.4. The molecule has 4 aromatic rings. The molecule has 0 N–H and O–H groups in total. The molecule has 10 heteroatoms. The molecule has 0 bridgehead atoms. The first-order valence-corrected chi connectivity index (χ1v) is 11.8. The molecule has 0 saturated heterocycles. The topological polar surface area (TPSA) is 67.8 Å². The van der Waals surface area contributed by atoms with Gasteiger partial charge in [0, 0.05) is 24.2 Å². The quantitative estimate of drug-likeness (QED) is 0.390. The third-order valence-electron chi connectivity index (χ3n) is 5.08. The molecule has 3 heterocycles. The fourth-order valence-electron chi connectivity index (χ4n) is 3.54. The van der Waals surface area contributed by atoms with Crippen LogP contribution in [0.4, 0.5) is 5.13 Å². The predicted molar refractivity (Wildman–Crippen MR) is 132 cm³/mol. The summed E-state index contributed by atoms with van der Waals surface area (Å²) in [6.07, 6.45) is 0.847. The Kier molecular flexibility index (Phi) is 6.80. The van der Waals surface area contributed by atoms with E-state index in [1.54, 1.807) is 10.4 Å². The molecule has 0 unspecified atom stereocenters. The van der Waals surface area contributed by atoms with Crippen molar-refractivity contribution in [3.63, 3.8) is 0 Å². The summed E-state index contributed by atoms with van der Waals surface area (Å²) in [6, 6.07) is 9.52. The molecule has 32 heavy (non-hydrogen) atoms. The second kappa shape index (κ2) is 9.58. The average Bonchev–Trinajstić information content (AvgIpc) is 3.40. The van der Waals surface area contributed by atoms with Crippen LogP contribution in [0, 0.1) is 0 Å². The molecule has 5 rings (SSSR count). The summed E-state index contributed by atoms with van der Waals surface area (Å²) in [4.78, 5) is 26.5. The minimum Gasteiger partial charge on any atom is -0.486 e. The van der Waals surface area contributed by atoms with E-state index in [1.165, 1.54) is 22.7 Å². The molecular weight excluding hydrogens is 468 g/mol. The highest BCUT2D eigenvalue weighted by molar-refractivity contribution is 7.22. The van der Waals surface area contributed by atoms with Gasteiger partial charge in [0.25, 0.3) is 5.91 Å². The zero-order valence-electron chi connectivity index (χ0n) is 17.7. The van der Waals surface area contributed by atoms with E-state index in [2.05, 4.69) is 9.88 Å². The molecule has 0 aliphatic carbocycles. The molecule has 1 amide bonds. The molecule has 0 fully saturated rings. The van der Waals surface area contributed by atoms with E-state index in [9.17, 15) is 4.79 Å². The number of halogens is 1. The highest BCUT2D eigenvalue weighted by atomic mass is 35.5. The highest BCUT2D eigenvalue weighted by Crippen LogP contribution is 2.39. The van der Waals surface area contributed by atoms with Gasteiger partial charge in [0.15, 0.2) is 16.6 Å². The molecule has 2 aromatic heterocycles. The Morgan fingerprint density at radius 1 is 1.03 bits per heavy atom. The summed E-state index contributed by atoms with van der Waals surface area (Å²) in [5.41, 5.74) is 4.17. The van der Waals surface area contributed by atoms with Crippen LogP contribution in [-0.2, 0) is 0 Å². The van der Waals surface area contributed by atoms with Crippen molar-refractivity contribution in [3.05, 3.63) is 41.4 Å². The number of hydrogen-bond acceptors (Lipinski definition) is 8. The van der Waals surface area contributed by atoms with Crippen LogP contribution in [0.3, 0.4) is 0 Å². The van der Waals surface area contributed by atoms with Crippen molar-refractivity contribution in [1.29, 1.82) is 0 Å². The van der Waals surface area contributed by atoms with Crippen LogP contribution < -0.4 is 14.4 Å². The van der Waals surface area contributed by atoms with Gasteiger partial charge in [0.1, 0.15) is 13.2 Å². The molecule has 0 radical (unpaired) electrons. The minimum absolute atomic E-state index is 0. The number of thiazole rings is 2. The van der Waals surface area contributed by atoms with Crippen LogP contribution in [0.25, 0.3) is 20.4 Å². The van der Waals surface area contributed by atoms with Crippen LogP contribution in [0.2, 0.25) is 0 Å². The van der Waals surface area contributed by atoms with Crippen molar-refractivity contribution in [2.75, 3.05) is 45.3 Å². The lowest BCUT2D eigenvalue weighted by molar-refractivity contribution is 0.0986. The fraction of sp³-hybridized carbons (Fsp3) is 0.318. The average molecular weight is 491 g/mol. The number of nitrogens with zero attached hydrogens (tertiary/aromatic N) is 4. The number of aromatic nitrogens is 2. The smallest absolute Gasteiger partial charge is 0.260 e. The number of carbonyl (C=O) groups is 1. The van der Waals surface area contributed by atoms with Gasteiger partial charge in [-0.15, -0.1) is 23.7 Å². The molecule has 7 nitrogen and oxygen atoms in total. The number of rotatable bonds is 6. The van der Waals surface area contributed by atoms with E-state index >= 15 is 0 Å². The van der Waals surface area contributed by atoms with Gasteiger partial charge >= 0.3 is 0 Å². The first kappa shape index (κ1) is 22.7. The summed E-state index contributed by atoms with van der Waals surface area (Å²) in [7, 11) is 4.07. The number of ether oxygens (including phenoxy) is 2. The van der Waals surface area contributed by atoms with Crippen LogP contribution >= 0.6 is 35.1 Å². The monoisotopic (exact) mass is 490 g/mol. The maximum Gasteiger partial charge on any atom is 0.260 e.